The maximum Gasteiger partial charge on any atom is 0.289 e. The molecule has 0 saturated carbocycles. The number of nitriles is 1. The van der Waals surface area contributed by atoms with Crippen molar-refractivity contribution in [3.8, 4) is 6.07 Å². The number of rotatable bonds is 4. The van der Waals surface area contributed by atoms with E-state index < -0.39 is 4.92 Å². The van der Waals surface area contributed by atoms with Crippen LogP contribution in [0.2, 0.25) is 0 Å². The molecule has 1 aromatic carbocycles. The van der Waals surface area contributed by atoms with E-state index >= 15 is 0 Å². The number of benzene rings is 1. The van der Waals surface area contributed by atoms with E-state index in [1.165, 1.54) is 12.1 Å². The van der Waals surface area contributed by atoms with Crippen LogP contribution in [0.4, 0.5) is 11.4 Å². The Hall–Kier alpha value is -2.88. The highest BCUT2D eigenvalue weighted by Gasteiger charge is 2.13. The molecule has 0 aliphatic carbocycles. The van der Waals surface area contributed by atoms with E-state index in [9.17, 15) is 10.1 Å². The minimum Gasteiger partial charge on any atom is -0.381 e. The van der Waals surface area contributed by atoms with Crippen molar-refractivity contribution in [2.24, 2.45) is 0 Å². The predicted molar refractivity (Wildman–Crippen MR) is 63.7 cm³/mol. The Labute approximate surface area is 102 Å². The Bertz CT molecular complexity index is 600. The SMILES string of the molecule is N#Cc1ccc(NCc2cn[nH]c2)cc1[N+](=O)[O-]. The standard InChI is InChI=1S/C11H9N5O2/c12-4-9-1-2-10(3-11(9)16(17)18)13-5-8-6-14-15-7-8/h1-3,6-7,13H,5H2,(H,14,15). The second-order valence-electron chi connectivity index (χ2n) is 3.56. The molecule has 0 unspecified atom stereocenters. The van der Waals surface area contributed by atoms with Gasteiger partial charge >= 0.3 is 0 Å². The summed E-state index contributed by atoms with van der Waals surface area (Å²) in [5.74, 6) is 0. The van der Waals surface area contributed by atoms with Crippen LogP contribution in [0, 0.1) is 21.4 Å². The second kappa shape index (κ2) is 4.97. The Kier molecular flexibility index (Phi) is 3.20. The molecule has 0 saturated heterocycles. The summed E-state index contributed by atoms with van der Waals surface area (Å²) in [7, 11) is 0. The van der Waals surface area contributed by atoms with Crippen molar-refractivity contribution < 1.29 is 4.92 Å². The number of aromatic amines is 1. The highest BCUT2D eigenvalue weighted by atomic mass is 16.6. The third kappa shape index (κ3) is 2.44. The lowest BCUT2D eigenvalue weighted by atomic mass is 10.2. The zero-order valence-corrected chi connectivity index (χ0v) is 9.25. The third-order valence-corrected chi connectivity index (χ3v) is 2.37. The number of H-pyrrole nitrogens is 1. The van der Waals surface area contributed by atoms with Gasteiger partial charge < -0.3 is 5.32 Å². The molecule has 2 aromatic rings. The number of nitro benzene ring substituents is 1. The van der Waals surface area contributed by atoms with Crippen LogP contribution in [-0.4, -0.2) is 15.1 Å². The highest BCUT2D eigenvalue weighted by molar-refractivity contribution is 5.59. The lowest BCUT2D eigenvalue weighted by molar-refractivity contribution is -0.385. The topological polar surface area (TPSA) is 108 Å². The van der Waals surface area contributed by atoms with Gasteiger partial charge in [-0.3, -0.25) is 15.2 Å². The van der Waals surface area contributed by atoms with Crippen LogP contribution < -0.4 is 5.32 Å². The van der Waals surface area contributed by atoms with Crippen LogP contribution in [0.1, 0.15) is 11.1 Å². The van der Waals surface area contributed by atoms with E-state index in [-0.39, 0.29) is 11.3 Å². The van der Waals surface area contributed by atoms with Crippen molar-refractivity contribution in [1.82, 2.24) is 10.2 Å². The summed E-state index contributed by atoms with van der Waals surface area (Å²) in [6.45, 7) is 0.500. The van der Waals surface area contributed by atoms with Gasteiger partial charge in [-0.05, 0) is 12.1 Å². The fourth-order valence-electron chi connectivity index (χ4n) is 1.47. The van der Waals surface area contributed by atoms with Gasteiger partial charge in [-0.25, -0.2) is 0 Å². The molecule has 2 rings (SSSR count). The van der Waals surface area contributed by atoms with Gasteiger partial charge in [0, 0.05) is 30.1 Å². The Morgan fingerprint density at radius 3 is 3.00 bits per heavy atom. The minimum absolute atomic E-state index is 0.0499. The number of anilines is 1. The monoisotopic (exact) mass is 243 g/mol. The Balaban J connectivity index is 2.17. The van der Waals surface area contributed by atoms with Crippen molar-refractivity contribution in [3.05, 3.63) is 51.8 Å². The summed E-state index contributed by atoms with van der Waals surface area (Å²) in [5.41, 5.74) is 1.37. The Morgan fingerprint density at radius 2 is 2.39 bits per heavy atom. The van der Waals surface area contributed by atoms with E-state index in [1.54, 1.807) is 24.5 Å². The Morgan fingerprint density at radius 1 is 1.56 bits per heavy atom. The van der Waals surface area contributed by atoms with Gasteiger partial charge in [0.1, 0.15) is 11.6 Å². The van der Waals surface area contributed by atoms with E-state index in [4.69, 9.17) is 5.26 Å². The molecule has 0 fully saturated rings. The van der Waals surface area contributed by atoms with Crippen LogP contribution >= 0.6 is 0 Å². The molecule has 0 amide bonds. The van der Waals surface area contributed by atoms with Crippen molar-refractivity contribution in [2.75, 3.05) is 5.32 Å². The molecule has 1 aromatic heterocycles. The smallest absolute Gasteiger partial charge is 0.289 e. The van der Waals surface area contributed by atoms with Crippen LogP contribution in [0.5, 0.6) is 0 Å². The number of hydrogen-bond acceptors (Lipinski definition) is 5. The van der Waals surface area contributed by atoms with Gasteiger partial charge in [0.25, 0.3) is 5.69 Å². The van der Waals surface area contributed by atoms with Crippen molar-refractivity contribution >= 4 is 11.4 Å². The number of nitrogens with zero attached hydrogens (tertiary/aromatic N) is 3. The van der Waals surface area contributed by atoms with Gasteiger partial charge in [0.05, 0.1) is 11.1 Å². The average molecular weight is 243 g/mol. The van der Waals surface area contributed by atoms with Gasteiger partial charge in [-0.2, -0.15) is 10.4 Å². The van der Waals surface area contributed by atoms with Gasteiger partial charge in [-0.1, -0.05) is 0 Å². The zero-order chi connectivity index (χ0) is 13.0. The van der Waals surface area contributed by atoms with Crippen LogP contribution in [0.3, 0.4) is 0 Å². The van der Waals surface area contributed by atoms with Gasteiger partial charge in [0.15, 0.2) is 0 Å². The molecule has 0 radical (unpaired) electrons. The van der Waals surface area contributed by atoms with Crippen LogP contribution in [0.25, 0.3) is 0 Å². The van der Waals surface area contributed by atoms with E-state index in [2.05, 4.69) is 15.5 Å². The van der Waals surface area contributed by atoms with E-state index in [0.29, 0.717) is 12.2 Å². The number of nitrogens with one attached hydrogen (secondary N) is 2. The number of aromatic nitrogens is 2. The summed E-state index contributed by atoms with van der Waals surface area (Å²) >= 11 is 0. The van der Waals surface area contributed by atoms with E-state index in [0.717, 1.165) is 5.56 Å². The van der Waals surface area contributed by atoms with Gasteiger partial charge in [0.2, 0.25) is 0 Å². The third-order valence-electron chi connectivity index (χ3n) is 2.37. The maximum atomic E-state index is 10.8. The summed E-state index contributed by atoms with van der Waals surface area (Å²) in [6, 6.07) is 6.19. The van der Waals surface area contributed by atoms with Crippen LogP contribution in [-0.2, 0) is 6.54 Å². The van der Waals surface area contributed by atoms with Crippen molar-refractivity contribution in [1.29, 1.82) is 5.26 Å². The predicted octanol–water partition coefficient (Wildman–Crippen LogP) is 1.80. The van der Waals surface area contributed by atoms with Crippen LogP contribution in [0.15, 0.2) is 30.6 Å². The first kappa shape index (κ1) is 11.6. The highest BCUT2D eigenvalue weighted by Crippen LogP contribution is 2.22. The summed E-state index contributed by atoms with van der Waals surface area (Å²) < 4.78 is 0. The first-order valence-corrected chi connectivity index (χ1v) is 5.11. The molecule has 0 aliphatic heterocycles. The summed E-state index contributed by atoms with van der Waals surface area (Å²) in [6.07, 6.45) is 3.39. The number of nitro groups is 1. The molecule has 90 valence electrons. The second-order valence-corrected chi connectivity index (χ2v) is 3.56. The lowest BCUT2D eigenvalue weighted by Crippen LogP contribution is -2.00. The largest absolute Gasteiger partial charge is 0.381 e. The molecule has 0 spiro atoms. The average Bonchev–Trinajstić information content (AvgIpc) is 2.89. The zero-order valence-electron chi connectivity index (χ0n) is 9.25. The van der Waals surface area contributed by atoms with Crippen molar-refractivity contribution in [2.45, 2.75) is 6.54 Å². The molecule has 0 aliphatic rings. The van der Waals surface area contributed by atoms with E-state index in [1.807, 2.05) is 0 Å². The summed E-state index contributed by atoms with van der Waals surface area (Å²) in [4.78, 5) is 10.2. The fourth-order valence-corrected chi connectivity index (χ4v) is 1.47. The molecule has 7 heteroatoms. The molecule has 7 nitrogen and oxygen atoms in total. The molecule has 18 heavy (non-hydrogen) atoms. The molecular weight excluding hydrogens is 234 g/mol. The lowest BCUT2D eigenvalue weighted by Gasteiger charge is -2.04. The normalized spacial score (nSPS) is 9.72. The maximum absolute atomic E-state index is 10.8. The van der Waals surface area contributed by atoms with Gasteiger partial charge in [-0.15, -0.1) is 0 Å². The first-order chi connectivity index (χ1) is 8.70. The molecule has 0 atom stereocenters. The quantitative estimate of drug-likeness (QED) is 0.628. The first-order valence-electron chi connectivity index (χ1n) is 5.11. The number of hydrogen-bond donors (Lipinski definition) is 2. The molecular formula is C11H9N5O2. The molecule has 1 heterocycles. The summed E-state index contributed by atoms with van der Waals surface area (Å²) in [5, 5.41) is 29.0. The fraction of sp³-hybridized carbons (Fsp3) is 0.0909. The minimum atomic E-state index is -0.568. The molecule has 0 bridgehead atoms. The molecule has 2 N–H and O–H groups in total. The van der Waals surface area contributed by atoms with Crippen molar-refractivity contribution in [3.63, 3.8) is 0 Å².